The lowest BCUT2D eigenvalue weighted by molar-refractivity contribution is 0.0923. The third kappa shape index (κ3) is 3.26. The minimum atomic E-state index is -0.634. The molecule has 25 heavy (non-hydrogen) atoms. The molecule has 0 atom stereocenters. The van der Waals surface area contributed by atoms with Crippen LogP contribution in [-0.4, -0.2) is 36.3 Å². The van der Waals surface area contributed by atoms with Crippen LogP contribution < -0.4 is 20.3 Å². The molecule has 0 bridgehead atoms. The Morgan fingerprint density at radius 1 is 1.16 bits per heavy atom. The van der Waals surface area contributed by atoms with Gasteiger partial charge in [0.15, 0.2) is 11.5 Å². The van der Waals surface area contributed by atoms with Crippen LogP contribution in [0.2, 0.25) is 0 Å². The van der Waals surface area contributed by atoms with Gasteiger partial charge in [-0.2, -0.15) is 0 Å². The average molecular weight is 346 g/mol. The first-order valence-electron chi connectivity index (χ1n) is 8.37. The van der Waals surface area contributed by atoms with Crippen molar-refractivity contribution >= 4 is 16.8 Å². The minimum Gasteiger partial charge on any atom is -0.506 e. The van der Waals surface area contributed by atoms with Gasteiger partial charge < -0.3 is 24.9 Å². The highest BCUT2D eigenvalue weighted by molar-refractivity contribution is 6.02. The monoisotopic (exact) mass is 346 g/mol. The van der Waals surface area contributed by atoms with Gasteiger partial charge in [-0.25, -0.2) is 0 Å². The number of hydrogen-bond donors (Lipinski definition) is 3. The van der Waals surface area contributed by atoms with Crippen LogP contribution in [0.1, 0.15) is 42.5 Å². The van der Waals surface area contributed by atoms with E-state index in [2.05, 4.69) is 10.3 Å². The minimum absolute atomic E-state index is 0.0427. The zero-order chi connectivity index (χ0) is 18.0. The van der Waals surface area contributed by atoms with Crippen LogP contribution in [0, 0.1) is 0 Å². The number of nitrogens with one attached hydrogen (secondary N) is 2. The number of aromatic hydroxyl groups is 1. The summed E-state index contributed by atoms with van der Waals surface area (Å²) in [5, 5.41) is 13.7. The van der Waals surface area contributed by atoms with Crippen molar-refractivity contribution in [2.24, 2.45) is 0 Å². The van der Waals surface area contributed by atoms with Gasteiger partial charge >= 0.3 is 0 Å². The third-order valence-electron chi connectivity index (χ3n) is 4.66. The Labute approximate surface area is 145 Å². The van der Waals surface area contributed by atoms with Gasteiger partial charge in [-0.15, -0.1) is 0 Å². The van der Waals surface area contributed by atoms with Crippen molar-refractivity contribution in [3.8, 4) is 17.2 Å². The van der Waals surface area contributed by atoms with E-state index in [1.54, 1.807) is 6.07 Å². The summed E-state index contributed by atoms with van der Waals surface area (Å²) in [7, 11) is 2.96. The fourth-order valence-corrected chi connectivity index (χ4v) is 3.32. The van der Waals surface area contributed by atoms with Crippen molar-refractivity contribution in [2.75, 3.05) is 14.2 Å². The van der Waals surface area contributed by atoms with Crippen molar-refractivity contribution < 1.29 is 19.4 Å². The second kappa shape index (κ2) is 7.04. The number of H-pyrrole nitrogens is 1. The van der Waals surface area contributed by atoms with E-state index in [1.165, 1.54) is 20.3 Å². The predicted molar refractivity (Wildman–Crippen MR) is 93.7 cm³/mol. The third-order valence-corrected chi connectivity index (χ3v) is 4.66. The van der Waals surface area contributed by atoms with Gasteiger partial charge in [0.05, 0.1) is 19.7 Å². The number of methoxy groups -OCH3 is 2. The topological polar surface area (TPSA) is 101 Å². The van der Waals surface area contributed by atoms with Crippen LogP contribution in [0.15, 0.2) is 16.9 Å². The molecule has 134 valence electrons. The number of aromatic amines is 1. The van der Waals surface area contributed by atoms with Gasteiger partial charge in [0, 0.05) is 17.5 Å². The van der Waals surface area contributed by atoms with Crippen molar-refractivity contribution in [3.05, 3.63) is 28.0 Å². The van der Waals surface area contributed by atoms with E-state index < -0.39 is 11.5 Å². The molecule has 0 unspecified atom stereocenters. The SMILES string of the molecule is COc1cc2[nH]c(=O)c(C(=O)NC3CCCCC3)c(O)c2cc1OC. The number of carbonyl (C=O) groups is 1. The maximum atomic E-state index is 12.5. The molecule has 2 aromatic rings. The van der Waals surface area contributed by atoms with Crippen molar-refractivity contribution in [3.63, 3.8) is 0 Å². The predicted octanol–water partition coefficient (Wildman–Crippen LogP) is 2.31. The Hall–Kier alpha value is -2.70. The Balaban J connectivity index is 2.03. The molecule has 1 aromatic carbocycles. The van der Waals surface area contributed by atoms with Gasteiger partial charge in [0.25, 0.3) is 11.5 Å². The highest BCUT2D eigenvalue weighted by Gasteiger charge is 2.23. The Kier molecular flexibility index (Phi) is 4.83. The number of hydrogen-bond acceptors (Lipinski definition) is 5. The van der Waals surface area contributed by atoms with Gasteiger partial charge in [0.1, 0.15) is 11.3 Å². The zero-order valence-electron chi connectivity index (χ0n) is 14.3. The largest absolute Gasteiger partial charge is 0.506 e. The van der Waals surface area contributed by atoms with Gasteiger partial charge in [-0.05, 0) is 18.9 Å². The molecule has 1 aromatic heterocycles. The Bertz CT molecular complexity index is 853. The highest BCUT2D eigenvalue weighted by Crippen LogP contribution is 2.35. The summed E-state index contributed by atoms with van der Waals surface area (Å²) in [6.07, 6.45) is 5.06. The molecule has 0 radical (unpaired) electrons. The molecule has 1 aliphatic rings. The van der Waals surface area contributed by atoms with E-state index in [-0.39, 0.29) is 17.4 Å². The fourth-order valence-electron chi connectivity index (χ4n) is 3.32. The first-order chi connectivity index (χ1) is 12.0. The summed E-state index contributed by atoms with van der Waals surface area (Å²) < 4.78 is 10.4. The molecule has 0 aliphatic heterocycles. The summed E-state index contributed by atoms with van der Waals surface area (Å²) in [5.74, 6) is -0.0872. The number of carbonyl (C=O) groups excluding carboxylic acids is 1. The van der Waals surface area contributed by atoms with E-state index in [9.17, 15) is 14.7 Å². The molecule has 3 rings (SSSR count). The molecule has 0 saturated heterocycles. The van der Waals surface area contributed by atoms with Crippen LogP contribution in [0.3, 0.4) is 0 Å². The molecule has 0 spiro atoms. The number of fused-ring (bicyclic) bond motifs is 1. The molecule has 3 N–H and O–H groups in total. The summed E-state index contributed by atoms with van der Waals surface area (Å²) in [4.78, 5) is 27.5. The van der Waals surface area contributed by atoms with Crippen LogP contribution in [0.4, 0.5) is 0 Å². The first kappa shape index (κ1) is 17.1. The number of amides is 1. The second-order valence-corrected chi connectivity index (χ2v) is 6.24. The lowest BCUT2D eigenvalue weighted by atomic mass is 9.95. The smallest absolute Gasteiger partial charge is 0.265 e. The molecule has 1 amide bonds. The van der Waals surface area contributed by atoms with Crippen LogP contribution in [0.5, 0.6) is 17.2 Å². The van der Waals surface area contributed by atoms with Gasteiger partial charge in [0.2, 0.25) is 0 Å². The standard InChI is InChI=1S/C18H22N2O5/c1-24-13-8-11-12(9-14(13)25-2)20-18(23)15(16(11)21)17(22)19-10-6-4-3-5-7-10/h8-10H,3-7H2,1-2H3,(H,19,22)(H2,20,21,23). The lowest BCUT2D eigenvalue weighted by Crippen LogP contribution is -2.38. The summed E-state index contributed by atoms with van der Waals surface area (Å²) in [5.41, 5.74) is -0.537. The van der Waals surface area contributed by atoms with E-state index in [0.717, 1.165) is 32.1 Å². The zero-order valence-corrected chi connectivity index (χ0v) is 14.3. The fraction of sp³-hybridized carbons (Fsp3) is 0.444. The van der Waals surface area contributed by atoms with Crippen molar-refractivity contribution in [1.82, 2.24) is 10.3 Å². The quantitative estimate of drug-likeness (QED) is 0.789. The number of pyridine rings is 1. The maximum Gasteiger partial charge on any atom is 0.265 e. The Morgan fingerprint density at radius 2 is 1.80 bits per heavy atom. The number of aromatic nitrogens is 1. The number of ether oxygens (including phenoxy) is 2. The van der Waals surface area contributed by atoms with Crippen LogP contribution in [0.25, 0.3) is 10.9 Å². The van der Waals surface area contributed by atoms with Gasteiger partial charge in [-0.3, -0.25) is 9.59 Å². The summed E-state index contributed by atoms with van der Waals surface area (Å²) in [6.45, 7) is 0. The van der Waals surface area contributed by atoms with Crippen molar-refractivity contribution in [2.45, 2.75) is 38.1 Å². The highest BCUT2D eigenvalue weighted by atomic mass is 16.5. The first-order valence-corrected chi connectivity index (χ1v) is 8.37. The average Bonchev–Trinajstić information content (AvgIpc) is 2.61. The van der Waals surface area contributed by atoms with Crippen LogP contribution >= 0.6 is 0 Å². The molecular formula is C18H22N2O5. The van der Waals surface area contributed by atoms with E-state index >= 15 is 0 Å². The summed E-state index contributed by atoms with van der Waals surface area (Å²) in [6, 6.07) is 3.13. The lowest BCUT2D eigenvalue weighted by Gasteiger charge is -2.22. The molecular weight excluding hydrogens is 324 g/mol. The van der Waals surface area contributed by atoms with E-state index in [4.69, 9.17) is 9.47 Å². The molecule has 7 nitrogen and oxygen atoms in total. The van der Waals surface area contributed by atoms with E-state index in [1.807, 2.05) is 0 Å². The molecule has 7 heteroatoms. The normalized spacial score (nSPS) is 15.1. The second-order valence-electron chi connectivity index (χ2n) is 6.24. The van der Waals surface area contributed by atoms with Crippen molar-refractivity contribution in [1.29, 1.82) is 0 Å². The maximum absolute atomic E-state index is 12.5. The molecule has 1 fully saturated rings. The van der Waals surface area contributed by atoms with Gasteiger partial charge in [-0.1, -0.05) is 19.3 Å². The summed E-state index contributed by atoms with van der Waals surface area (Å²) >= 11 is 0. The number of rotatable bonds is 4. The molecule has 1 aliphatic carbocycles. The number of benzene rings is 1. The van der Waals surface area contributed by atoms with E-state index in [0.29, 0.717) is 22.4 Å². The van der Waals surface area contributed by atoms with Crippen LogP contribution in [-0.2, 0) is 0 Å². The molecule has 1 heterocycles. The Morgan fingerprint density at radius 3 is 2.44 bits per heavy atom. The molecule has 1 saturated carbocycles.